The Labute approximate surface area is 156 Å². The second-order valence-electron chi connectivity index (χ2n) is 7.11. The Bertz CT molecular complexity index is 796. The van der Waals surface area contributed by atoms with Gasteiger partial charge in [0.05, 0.1) is 16.0 Å². The third-order valence-electron chi connectivity index (χ3n) is 3.95. The van der Waals surface area contributed by atoms with E-state index in [2.05, 4.69) is 50.0 Å². The van der Waals surface area contributed by atoms with E-state index in [1.807, 2.05) is 42.6 Å². The first-order chi connectivity index (χ1) is 11.9. The van der Waals surface area contributed by atoms with Crippen LogP contribution in [0.5, 0.6) is 0 Å². The molecular formula is C21H23NOS2. The molecule has 0 aliphatic carbocycles. The molecule has 1 unspecified atom stereocenters. The first kappa shape index (κ1) is 18.0. The van der Waals surface area contributed by atoms with Gasteiger partial charge in [-0.05, 0) is 11.1 Å². The molecule has 0 aliphatic rings. The fourth-order valence-electron chi connectivity index (χ4n) is 2.70. The van der Waals surface area contributed by atoms with Gasteiger partial charge in [-0.1, -0.05) is 81.4 Å². The highest BCUT2D eigenvalue weighted by Gasteiger charge is 2.23. The Balaban J connectivity index is 1.89. The van der Waals surface area contributed by atoms with Gasteiger partial charge in [-0.15, -0.1) is 11.3 Å². The lowest BCUT2D eigenvalue weighted by Gasteiger charge is -2.17. The van der Waals surface area contributed by atoms with Crippen molar-refractivity contribution in [2.24, 2.45) is 0 Å². The van der Waals surface area contributed by atoms with Gasteiger partial charge in [0.15, 0.2) is 0 Å². The van der Waals surface area contributed by atoms with Crippen molar-refractivity contribution < 1.29 is 4.21 Å². The summed E-state index contributed by atoms with van der Waals surface area (Å²) in [6.07, 6.45) is 1.89. The Morgan fingerprint density at radius 2 is 1.48 bits per heavy atom. The zero-order chi connectivity index (χ0) is 17.9. The lowest BCUT2D eigenvalue weighted by atomic mass is 9.98. The molecule has 25 heavy (non-hydrogen) atoms. The van der Waals surface area contributed by atoms with Crippen LogP contribution >= 0.6 is 11.3 Å². The van der Waals surface area contributed by atoms with Crippen molar-refractivity contribution in [3.63, 3.8) is 0 Å². The van der Waals surface area contributed by atoms with Gasteiger partial charge in [0.2, 0.25) is 0 Å². The molecule has 2 nitrogen and oxygen atoms in total. The van der Waals surface area contributed by atoms with Crippen LogP contribution in [0.1, 0.15) is 47.0 Å². The molecule has 2 aromatic carbocycles. The van der Waals surface area contributed by atoms with Crippen molar-refractivity contribution in [2.75, 3.05) is 0 Å². The average molecular weight is 370 g/mol. The standard InChI is InChI=1S/C21H23NOS2/c1-21(2,3)20-22-14-18(24-20)15-25(23)19(16-10-6-4-7-11-16)17-12-8-5-9-13-17/h4-14,19H,15H2,1-3H3. The highest BCUT2D eigenvalue weighted by Crippen LogP contribution is 2.32. The topological polar surface area (TPSA) is 30.0 Å². The molecule has 0 bridgehead atoms. The molecule has 1 atom stereocenters. The smallest absolute Gasteiger partial charge is 0.0981 e. The minimum atomic E-state index is -1.05. The lowest BCUT2D eigenvalue weighted by molar-refractivity contribution is 0.585. The van der Waals surface area contributed by atoms with Crippen LogP contribution in [0.25, 0.3) is 0 Å². The van der Waals surface area contributed by atoms with Gasteiger partial charge in [0, 0.05) is 27.3 Å². The van der Waals surface area contributed by atoms with E-state index in [1.54, 1.807) is 11.3 Å². The molecule has 1 heterocycles. The van der Waals surface area contributed by atoms with E-state index < -0.39 is 10.8 Å². The molecule has 130 valence electrons. The maximum atomic E-state index is 13.3. The van der Waals surface area contributed by atoms with Crippen molar-refractivity contribution in [3.05, 3.63) is 87.9 Å². The van der Waals surface area contributed by atoms with Gasteiger partial charge >= 0.3 is 0 Å². The Morgan fingerprint density at radius 1 is 0.960 bits per heavy atom. The number of thiazole rings is 1. The van der Waals surface area contributed by atoms with Gasteiger partial charge in [-0.2, -0.15) is 0 Å². The van der Waals surface area contributed by atoms with Gasteiger partial charge in [0.25, 0.3) is 0 Å². The molecule has 1 aromatic heterocycles. The highest BCUT2D eigenvalue weighted by atomic mass is 32.2. The second kappa shape index (κ2) is 7.63. The lowest BCUT2D eigenvalue weighted by Crippen LogP contribution is -2.10. The van der Waals surface area contributed by atoms with E-state index >= 15 is 0 Å². The first-order valence-electron chi connectivity index (χ1n) is 8.37. The molecule has 3 aromatic rings. The van der Waals surface area contributed by atoms with Crippen molar-refractivity contribution in [3.8, 4) is 0 Å². The zero-order valence-corrected chi connectivity index (χ0v) is 16.4. The quantitative estimate of drug-likeness (QED) is 0.596. The van der Waals surface area contributed by atoms with Crippen LogP contribution in [0.2, 0.25) is 0 Å². The van der Waals surface area contributed by atoms with E-state index in [4.69, 9.17) is 0 Å². The van der Waals surface area contributed by atoms with E-state index in [-0.39, 0.29) is 10.7 Å². The molecule has 0 N–H and O–H groups in total. The summed E-state index contributed by atoms with van der Waals surface area (Å²) in [5, 5.41) is 0.970. The molecule has 0 amide bonds. The molecule has 0 fully saturated rings. The maximum absolute atomic E-state index is 13.3. The summed E-state index contributed by atoms with van der Waals surface area (Å²) in [6, 6.07) is 20.2. The number of hydrogen-bond acceptors (Lipinski definition) is 3. The number of benzene rings is 2. The first-order valence-corrected chi connectivity index (χ1v) is 10.6. The van der Waals surface area contributed by atoms with Crippen LogP contribution < -0.4 is 0 Å². The van der Waals surface area contributed by atoms with Crippen LogP contribution in [0.4, 0.5) is 0 Å². The van der Waals surface area contributed by atoms with Crippen LogP contribution in [-0.4, -0.2) is 9.19 Å². The molecule has 4 heteroatoms. The molecule has 0 saturated carbocycles. The monoisotopic (exact) mass is 369 g/mol. The molecule has 3 rings (SSSR count). The summed E-state index contributed by atoms with van der Waals surface area (Å²) in [4.78, 5) is 5.61. The third-order valence-corrected chi connectivity index (χ3v) is 7.22. The number of nitrogens with zero attached hydrogens (tertiary/aromatic N) is 1. The Kier molecular flexibility index (Phi) is 5.50. The predicted molar refractivity (Wildman–Crippen MR) is 107 cm³/mol. The average Bonchev–Trinajstić information content (AvgIpc) is 3.06. The predicted octanol–water partition coefficient (Wildman–Crippen LogP) is 5.48. The normalized spacial score (nSPS) is 13.1. The highest BCUT2D eigenvalue weighted by molar-refractivity contribution is 7.84. The van der Waals surface area contributed by atoms with Gasteiger partial charge in [-0.3, -0.25) is 4.21 Å². The zero-order valence-electron chi connectivity index (χ0n) is 14.8. The number of rotatable bonds is 5. The number of hydrogen-bond donors (Lipinski definition) is 0. The van der Waals surface area contributed by atoms with Crippen molar-refractivity contribution >= 4 is 22.1 Å². The van der Waals surface area contributed by atoms with Gasteiger partial charge in [-0.25, -0.2) is 4.98 Å². The van der Waals surface area contributed by atoms with Crippen molar-refractivity contribution in [1.29, 1.82) is 0 Å². The summed E-state index contributed by atoms with van der Waals surface area (Å²) in [5.74, 6) is 0.530. The minimum Gasteiger partial charge on any atom is -0.258 e. The molecule has 0 spiro atoms. The van der Waals surface area contributed by atoms with Crippen LogP contribution in [-0.2, 0) is 22.0 Å². The number of aromatic nitrogens is 1. The minimum absolute atomic E-state index is 0.0304. The summed E-state index contributed by atoms with van der Waals surface area (Å²) in [5.41, 5.74) is 2.21. The molecule has 0 aliphatic heterocycles. The van der Waals surface area contributed by atoms with Crippen LogP contribution in [0.15, 0.2) is 66.9 Å². The molecule has 0 saturated heterocycles. The third kappa shape index (κ3) is 4.44. The Morgan fingerprint density at radius 3 is 1.92 bits per heavy atom. The van der Waals surface area contributed by atoms with E-state index in [0.717, 1.165) is 21.0 Å². The van der Waals surface area contributed by atoms with E-state index in [9.17, 15) is 4.21 Å². The summed E-state index contributed by atoms with van der Waals surface area (Å²) in [7, 11) is -1.05. The SMILES string of the molecule is CC(C)(C)c1ncc(CS(=O)C(c2ccccc2)c2ccccc2)s1. The summed E-state index contributed by atoms with van der Waals surface area (Å²) >= 11 is 1.67. The fourth-order valence-corrected chi connectivity index (χ4v) is 5.49. The van der Waals surface area contributed by atoms with E-state index in [1.165, 1.54) is 0 Å². The maximum Gasteiger partial charge on any atom is 0.0981 e. The summed E-state index contributed by atoms with van der Waals surface area (Å²) in [6.45, 7) is 6.47. The van der Waals surface area contributed by atoms with Crippen molar-refractivity contribution in [2.45, 2.75) is 37.2 Å². The van der Waals surface area contributed by atoms with Crippen molar-refractivity contribution in [1.82, 2.24) is 4.98 Å². The van der Waals surface area contributed by atoms with E-state index in [0.29, 0.717) is 5.75 Å². The largest absolute Gasteiger partial charge is 0.258 e. The second-order valence-corrected chi connectivity index (χ2v) is 9.74. The van der Waals surface area contributed by atoms with Gasteiger partial charge < -0.3 is 0 Å². The summed E-state index contributed by atoms with van der Waals surface area (Å²) < 4.78 is 13.3. The van der Waals surface area contributed by atoms with Gasteiger partial charge in [0.1, 0.15) is 0 Å². The van der Waals surface area contributed by atoms with Crippen LogP contribution in [0, 0.1) is 0 Å². The van der Waals surface area contributed by atoms with Crippen LogP contribution in [0.3, 0.4) is 0 Å². The molecule has 0 radical (unpaired) electrons. The fraction of sp³-hybridized carbons (Fsp3) is 0.286. The molecular weight excluding hydrogens is 346 g/mol. The Hall–Kier alpha value is -1.78.